The van der Waals surface area contributed by atoms with E-state index in [0.717, 1.165) is 23.3 Å². The van der Waals surface area contributed by atoms with Gasteiger partial charge in [-0.15, -0.1) is 0 Å². The van der Waals surface area contributed by atoms with Gasteiger partial charge in [-0.2, -0.15) is 13.2 Å². The first-order chi connectivity index (χ1) is 17.0. The first-order valence-corrected chi connectivity index (χ1v) is 11.5. The number of benzene rings is 3. The summed E-state index contributed by atoms with van der Waals surface area (Å²) in [6.07, 6.45) is -5.12. The predicted octanol–water partition coefficient (Wildman–Crippen LogP) is 6.50. The van der Waals surface area contributed by atoms with Crippen molar-refractivity contribution in [1.82, 2.24) is 5.32 Å². The third kappa shape index (κ3) is 6.65. The number of ether oxygens (including phenoxy) is 2. The smallest absolute Gasteiger partial charge is 0.416 e. The number of rotatable bonds is 8. The van der Waals surface area contributed by atoms with Crippen molar-refractivity contribution in [2.24, 2.45) is 0 Å². The number of aryl methyl sites for hydroxylation is 1. The molecule has 0 aliphatic carbocycles. The number of nitrogens with one attached hydrogen (secondary N) is 1. The Hall–Kier alpha value is -3.81. The quantitative estimate of drug-likeness (QED) is 0.359. The van der Waals surface area contributed by atoms with E-state index in [1.807, 2.05) is 26.0 Å². The second-order valence-electron chi connectivity index (χ2n) is 8.38. The van der Waals surface area contributed by atoms with E-state index in [2.05, 4.69) is 5.32 Å². The molecular weight excluding hydrogens is 471 g/mol. The molecule has 0 aliphatic rings. The third-order valence-corrected chi connectivity index (χ3v) is 5.66. The van der Waals surface area contributed by atoms with E-state index >= 15 is 0 Å². The Bertz CT molecular complexity index is 1200. The highest BCUT2D eigenvalue weighted by atomic mass is 19.4. The molecule has 0 aliphatic heterocycles. The van der Waals surface area contributed by atoms with Crippen LogP contribution in [-0.2, 0) is 15.7 Å². The summed E-state index contributed by atoms with van der Waals surface area (Å²) >= 11 is 0. The summed E-state index contributed by atoms with van der Waals surface area (Å²) in [7, 11) is 0. The number of carbonyl (C=O) groups is 2. The Morgan fingerprint density at radius 2 is 1.50 bits per heavy atom. The van der Waals surface area contributed by atoms with Gasteiger partial charge in [0.15, 0.2) is 6.10 Å². The van der Waals surface area contributed by atoms with Gasteiger partial charge >= 0.3 is 12.1 Å². The summed E-state index contributed by atoms with van der Waals surface area (Å²) in [5.41, 5.74) is 2.72. The fourth-order valence-electron chi connectivity index (χ4n) is 3.60. The van der Waals surface area contributed by atoms with Crippen molar-refractivity contribution in [3.05, 3.63) is 89.0 Å². The normalized spacial score (nSPS) is 13.0. The van der Waals surface area contributed by atoms with Crippen LogP contribution in [0.4, 0.5) is 13.2 Å². The molecule has 0 fully saturated rings. The first-order valence-electron chi connectivity index (χ1n) is 11.5. The zero-order chi connectivity index (χ0) is 26.5. The molecule has 36 heavy (non-hydrogen) atoms. The van der Waals surface area contributed by atoms with Crippen molar-refractivity contribution in [3.63, 3.8) is 0 Å². The predicted molar refractivity (Wildman–Crippen MR) is 131 cm³/mol. The fourth-order valence-corrected chi connectivity index (χ4v) is 3.60. The van der Waals surface area contributed by atoms with Crippen LogP contribution in [0.15, 0.2) is 66.7 Å². The van der Waals surface area contributed by atoms with Crippen LogP contribution in [0.25, 0.3) is 11.1 Å². The van der Waals surface area contributed by atoms with E-state index in [1.54, 1.807) is 44.2 Å². The lowest BCUT2D eigenvalue weighted by Crippen LogP contribution is -2.27. The zero-order valence-corrected chi connectivity index (χ0v) is 20.5. The minimum absolute atomic E-state index is 0.277. The standard InChI is InChI=1S/C28H28F3NO4/c1-5-35-27(34)19(4)36-25-15-12-23(16-17(25)2)18(3)32-26(33)22-8-6-20(7-9-22)21-10-13-24(14-11-21)28(29,30)31/h6-16,18-19H,5H2,1-4H3,(H,32,33). The van der Waals surface area contributed by atoms with Crippen molar-refractivity contribution in [1.29, 1.82) is 0 Å². The lowest BCUT2D eigenvalue weighted by Gasteiger charge is -2.18. The van der Waals surface area contributed by atoms with E-state index in [4.69, 9.17) is 9.47 Å². The molecule has 1 N–H and O–H groups in total. The molecule has 0 aromatic heterocycles. The summed E-state index contributed by atoms with van der Waals surface area (Å²) in [4.78, 5) is 24.6. The lowest BCUT2D eigenvalue weighted by atomic mass is 10.0. The highest BCUT2D eigenvalue weighted by molar-refractivity contribution is 5.95. The van der Waals surface area contributed by atoms with E-state index in [1.165, 1.54) is 12.1 Å². The summed E-state index contributed by atoms with van der Waals surface area (Å²) in [5.74, 6) is -0.169. The molecule has 0 saturated carbocycles. The molecule has 1 amide bonds. The Labute approximate surface area is 208 Å². The number of hydrogen-bond donors (Lipinski definition) is 1. The summed E-state index contributed by atoms with van der Waals surface area (Å²) in [5, 5.41) is 2.94. The van der Waals surface area contributed by atoms with Gasteiger partial charge in [-0.1, -0.05) is 36.4 Å². The van der Waals surface area contributed by atoms with Crippen LogP contribution in [0, 0.1) is 6.92 Å². The van der Waals surface area contributed by atoms with Crippen LogP contribution < -0.4 is 10.1 Å². The zero-order valence-electron chi connectivity index (χ0n) is 20.5. The molecule has 0 saturated heterocycles. The molecule has 3 aromatic carbocycles. The Morgan fingerprint density at radius 3 is 2.03 bits per heavy atom. The Morgan fingerprint density at radius 1 is 0.917 bits per heavy atom. The van der Waals surface area contributed by atoms with Gasteiger partial charge in [0.25, 0.3) is 5.91 Å². The molecule has 8 heteroatoms. The van der Waals surface area contributed by atoms with Crippen LogP contribution >= 0.6 is 0 Å². The maximum Gasteiger partial charge on any atom is 0.416 e. The topological polar surface area (TPSA) is 64.6 Å². The van der Waals surface area contributed by atoms with Gasteiger partial charge in [0.1, 0.15) is 5.75 Å². The van der Waals surface area contributed by atoms with Crippen LogP contribution in [0.5, 0.6) is 5.75 Å². The van der Waals surface area contributed by atoms with Crippen molar-refractivity contribution in [3.8, 4) is 16.9 Å². The van der Waals surface area contributed by atoms with Crippen molar-refractivity contribution in [2.75, 3.05) is 6.61 Å². The minimum atomic E-state index is -4.38. The second kappa shape index (κ2) is 11.3. The third-order valence-electron chi connectivity index (χ3n) is 5.66. The molecule has 0 radical (unpaired) electrons. The van der Waals surface area contributed by atoms with Crippen LogP contribution in [-0.4, -0.2) is 24.6 Å². The van der Waals surface area contributed by atoms with E-state index in [9.17, 15) is 22.8 Å². The number of alkyl halides is 3. The second-order valence-corrected chi connectivity index (χ2v) is 8.38. The van der Waals surface area contributed by atoms with Crippen LogP contribution in [0.2, 0.25) is 0 Å². The van der Waals surface area contributed by atoms with Gasteiger partial charge in [-0.05, 0) is 80.3 Å². The summed E-state index contributed by atoms with van der Waals surface area (Å²) in [6, 6.07) is 16.7. The van der Waals surface area contributed by atoms with Gasteiger partial charge in [0.05, 0.1) is 18.2 Å². The SMILES string of the molecule is CCOC(=O)C(C)Oc1ccc(C(C)NC(=O)c2ccc(-c3ccc(C(F)(F)F)cc3)cc2)cc1C. The minimum Gasteiger partial charge on any atom is -0.479 e. The van der Waals surface area contributed by atoms with Crippen molar-refractivity contribution < 1.29 is 32.2 Å². The first kappa shape index (κ1) is 26.8. The molecule has 0 spiro atoms. The van der Waals surface area contributed by atoms with Gasteiger partial charge in [0, 0.05) is 5.56 Å². The van der Waals surface area contributed by atoms with E-state index in [0.29, 0.717) is 22.4 Å². The maximum atomic E-state index is 12.8. The van der Waals surface area contributed by atoms with Crippen molar-refractivity contribution in [2.45, 2.75) is 46.0 Å². The lowest BCUT2D eigenvalue weighted by molar-refractivity contribution is -0.150. The Balaban J connectivity index is 1.64. The maximum absolute atomic E-state index is 12.8. The van der Waals surface area contributed by atoms with E-state index in [-0.39, 0.29) is 18.6 Å². The van der Waals surface area contributed by atoms with Gasteiger partial charge in [0.2, 0.25) is 0 Å². The largest absolute Gasteiger partial charge is 0.479 e. The number of hydrogen-bond acceptors (Lipinski definition) is 4. The molecule has 2 atom stereocenters. The number of esters is 1. The number of carbonyl (C=O) groups excluding carboxylic acids is 2. The van der Waals surface area contributed by atoms with Crippen LogP contribution in [0.3, 0.4) is 0 Å². The van der Waals surface area contributed by atoms with Gasteiger partial charge < -0.3 is 14.8 Å². The molecule has 0 bridgehead atoms. The molecule has 3 aromatic rings. The van der Waals surface area contributed by atoms with Crippen LogP contribution in [0.1, 0.15) is 53.9 Å². The fraction of sp³-hybridized carbons (Fsp3) is 0.286. The van der Waals surface area contributed by atoms with Gasteiger partial charge in [-0.3, -0.25) is 4.79 Å². The Kier molecular flexibility index (Phi) is 8.40. The van der Waals surface area contributed by atoms with Crippen molar-refractivity contribution >= 4 is 11.9 Å². The highest BCUT2D eigenvalue weighted by Crippen LogP contribution is 2.31. The molecule has 3 rings (SSSR count). The number of halogens is 3. The molecular formula is C28H28F3NO4. The van der Waals surface area contributed by atoms with E-state index < -0.39 is 23.8 Å². The van der Waals surface area contributed by atoms with Gasteiger partial charge in [-0.25, -0.2) is 4.79 Å². The average Bonchev–Trinajstić information content (AvgIpc) is 2.85. The monoisotopic (exact) mass is 499 g/mol. The molecule has 2 unspecified atom stereocenters. The molecule has 0 heterocycles. The molecule has 5 nitrogen and oxygen atoms in total. The summed E-state index contributed by atoms with van der Waals surface area (Å²) < 4.78 is 49.0. The average molecular weight is 500 g/mol. The number of amides is 1. The highest BCUT2D eigenvalue weighted by Gasteiger charge is 2.30. The molecule has 190 valence electrons. The summed E-state index contributed by atoms with van der Waals surface area (Å²) in [6.45, 7) is 7.33.